The van der Waals surface area contributed by atoms with Gasteiger partial charge in [-0.25, -0.2) is 0 Å². The number of nitrogens with two attached hydrogens (primary N) is 1. The van der Waals surface area contributed by atoms with E-state index in [-0.39, 0.29) is 10.9 Å². The highest BCUT2D eigenvalue weighted by Crippen LogP contribution is 2.31. The molecule has 0 aliphatic carbocycles. The maximum Gasteiger partial charge on any atom is 0.237 e. The van der Waals surface area contributed by atoms with Crippen LogP contribution in [-0.2, 0) is 4.79 Å². The third kappa shape index (κ3) is 3.19. The number of carbonyl (C=O) groups excluding carboxylic acids is 1. The average Bonchev–Trinajstić information content (AvgIpc) is 2.45. The van der Waals surface area contributed by atoms with Gasteiger partial charge in [-0.05, 0) is 25.5 Å². The first-order valence-electron chi connectivity index (χ1n) is 6.22. The van der Waals surface area contributed by atoms with Gasteiger partial charge in [0.2, 0.25) is 5.91 Å². The van der Waals surface area contributed by atoms with Crippen molar-refractivity contribution >= 4 is 28.8 Å². The van der Waals surface area contributed by atoms with Crippen LogP contribution in [-0.4, -0.2) is 25.1 Å². The van der Waals surface area contributed by atoms with Crippen LogP contribution in [0.15, 0.2) is 18.2 Å². The fourth-order valence-electron chi connectivity index (χ4n) is 1.62. The number of anilines is 1. The molecule has 3 N–H and O–H groups in total. The van der Waals surface area contributed by atoms with Gasteiger partial charge in [-0.3, -0.25) is 4.79 Å². The van der Waals surface area contributed by atoms with E-state index >= 15 is 0 Å². The monoisotopic (exact) mass is 296 g/mol. The summed E-state index contributed by atoms with van der Waals surface area (Å²) in [5.74, 6) is 0.897. The van der Waals surface area contributed by atoms with Crippen LogP contribution in [0, 0.1) is 5.41 Å². The third-order valence-electron chi connectivity index (χ3n) is 3.41. The summed E-state index contributed by atoms with van der Waals surface area (Å²) in [6, 6.07) is 5.16. The van der Waals surface area contributed by atoms with Crippen molar-refractivity contribution in [1.29, 1.82) is 0 Å². The van der Waals surface area contributed by atoms with E-state index in [9.17, 15) is 4.79 Å². The molecule has 0 aliphatic rings. The lowest BCUT2D eigenvalue weighted by atomic mass is 9.86. The molecule has 110 valence electrons. The van der Waals surface area contributed by atoms with Gasteiger partial charge in [-0.15, -0.1) is 0 Å². The number of methoxy groups -OCH3 is 2. The molecule has 0 fully saturated rings. The lowest BCUT2D eigenvalue weighted by Crippen LogP contribution is -2.43. The number of hydrogen-bond acceptors (Lipinski definition) is 4. The van der Waals surface area contributed by atoms with E-state index in [1.165, 1.54) is 7.11 Å². The summed E-state index contributed by atoms with van der Waals surface area (Å²) in [6.07, 6.45) is 0.514. The lowest BCUT2D eigenvalue weighted by molar-refractivity contribution is -0.121. The van der Waals surface area contributed by atoms with Gasteiger partial charge in [0, 0.05) is 6.07 Å². The van der Waals surface area contributed by atoms with E-state index in [1.54, 1.807) is 32.2 Å². The predicted octanol–water partition coefficient (Wildman–Crippen LogP) is 2.34. The zero-order valence-electron chi connectivity index (χ0n) is 12.1. The van der Waals surface area contributed by atoms with Crippen LogP contribution in [0.2, 0.25) is 0 Å². The van der Waals surface area contributed by atoms with Crippen molar-refractivity contribution in [3.8, 4) is 11.5 Å². The highest BCUT2D eigenvalue weighted by molar-refractivity contribution is 7.80. The van der Waals surface area contributed by atoms with Crippen molar-refractivity contribution in [2.24, 2.45) is 11.1 Å². The second-order valence-corrected chi connectivity index (χ2v) is 5.01. The van der Waals surface area contributed by atoms with Gasteiger partial charge in [0.1, 0.15) is 11.5 Å². The number of thiocarbonyl (C=S) groups is 1. The molecule has 1 aromatic carbocycles. The quantitative estimate of drug-likeness (QED) is 0.788. The Morgan fingerprint density at radius 2 is 2.05 bits per heavy atom. The average molecular weight is 296 g/mol. The summed E-state index contributed by atoms with van der Waals surface area (Å²) >= 11 is 4.99. The first-order chi connectivity index (χ1) is 9.38. The van der Waals surface area contributed by atoms with Gasteiger partial charge < -0.3 is 20.5 Å². The normalized spacial score (nSPS) is 13.2. The van der Waals surface area contributed by atoms with E-state index in [2.05, 4.69) is 5.32 Å². The Hall–Kier alpha value is -1.82. The number of nitrogens with one attached hydrogen (secondary N) is 1. The summed E-state index contributed by atoms with van der Waals surface area (Å²) in [5, 5.41) is 2.80. The molecule has 0 aromatic heterocycles. The smallest absolute Gasteiger partial charge is 0.237 e. The Balaban J connectivity index is 3.08. The van der Waals surface area contributed by atoms with Crippen LogP contribution in [0.5, 0.6) is 11.5 Å². The van der Waals surface area contributed by atoms with Crippen molar-refractivity contribution in [2.45, 2.75) is 20.3 Å². The Bertz CT molecular complexity index is 519. The molecule has 0 radical (unpaired) electrons. The molecule has 5 nitrogen and oxygen atoms in total. The van der Waals surface area contributed by atoms with Crippen molar-refractivity contribution in [3.05, 3.63) is 18.2 Å². The minimum atomic E-state index is -0.899. The van der Waals surface area contributed by atoms with E-state index in [1.807, 2.05) is 6.92 Å². The van der Waals surface area contributed by atoms with Crippen LogP contribution in [0.3, 0.4) is 0 Å². The zero-order valence-corrected chi connectivity index (χ0v) is 13.0. The largest absolute Gasteiger partial charge is 0.497 e. The van der Waals surface area contributed by atoms with Gasteiger partial charge in [-0.1, -0.05) is 19.1 Å². The third-order valence-corrected chi connectivity index (χ3v) is 3.86. The minimum Gasteiger partial charge on any atom is -0.497 e. The summed E-state index contributed by atoms with van der Waals surface area (Å²) in [5.41, 5.74) is 5.30. The summed E-state index contributed by atoms with van der Waals surface area (Å²) in [7, 11) is 3.09. The van der Waals surface area contributed by atoms with E-state index in [0.29, 0.717) is 23.6 Å². The molecule has 0 saturated carbocycles. The summed E-state index contributed by atoms with van der Waals surface area (Å²) in [4.78, 5) is 12.6. The van der Waals surface area contributed by atoms with Gasteiger partial charge in [0.25, 0.3) is 0 Å². The van der Waals surface area contributed by atoms with Crippen LogP contribution in [0.4, 0.5) is 5.69 Å². The second kappa shape index (κ2) is 6.56. The number of benzene rings is 1. The second-order valence-electron chi connectivity index (χ2n) is 4.57. The number of hydrogen-bond donors (Lipinski definition) is 2. The first-order valence-corrected chi connectivity index (χ1v) is 6.63. The van der Waals surface area contributed by atoms with Crippen LogP contribution in [0.25, 0.3) is 0 Å². The molecular weight excluding hydrogens is 276 g/mol. The van der Waals surface area contributed by atoms with E-state index in [4.69, 9.17) is 27.4 Å². The maximum atomic E-state index is 12.4. The molecule has 1 atom stereocenters. The Kier molecular flexibility index (Phi) is 5.33. The van der Waals surface area contributed by atoms with Crippen LogP contribution >= 0.6 is 12.2 Å². The molecule has 1 amide bonds. The van der Waals surface area contributed by atoms with E-state index in [0.717, 1.165) is 0 Å². The van der Waals surface area contributed by atoms with Gasteiger partial charge in [0.15, 0.2) is 0 Å². The Morgan fingerprint density at radius 3 is 2.50 bits per heavy atom. The number of ether oxygens (including phenoxy) is 2. The molecule has 0 aliphatic heterocycles. The van der Waals surface area contributed by atoms with Gasteiger partial charge in [0.05, 0.1) is 30.3 Å². The van der Waals surface area contributed by atoms with Crippen molar-refractivity contribution in [2.75, 3.05) is 19.5 Å². The highest BCUT2D eigenvalue weighted by atomic mass is 32.1. The van der Waals surface area contributed by atoms with Gasteiger partial charge in [-0.2, -0.15) is 0 Å². The summed E-state index contributed by atoms with van der Waals surface area (Å²) < 4.78 is 10.4. The van der Waals surface area contributed by atoms with Crippen LogP contribution in [0.1, 0.15) is 20.3 Å². The number of amides is 1. The van der Waals surface area contributed by atoms with Crippen molar-refractivity contribution in [3.63, 3.8) is 0 Å². The van der Waals surface area contributed by atoms with Crippen LogP contribution < -0.4 is 20.5 Å². The maximum absolute atomic E-state index is 12.4. The molecule has 20 heavy (non-hydrogen) atoms. The fraction of sp³-hybridized carbons (Fsp3) is 0.429. The molecule has 0 spiro atoms. The predicted molar refractivity (Wildman–Crippen MR) is 83.4 cm³/mol. The Labute approximate surface area is 124 Å². The van der Waals surface area contributed by atoms with Gasteiger partial charge >= 0.3 is 0 Å². The molecule has 1 unspecified atom stereocenters. The molecular formula is C14H20N2O3S. The zero-order chi connectivity index (χ0) is 15.3. The highest BCUT2D eigenvalue weighted by Gasteiger charge is 2.35. The van der Waals surface area contributed by atoms with Crippen molar-refractivity contribution < 1.29 is 14.3 Å². The Morgan fingerprint density at radius 1 is 1.40 bits per heavy atom. The fourth-order valence-corrected chi connectivity index (χ4v) is 1.86. The van der Waals surface area contributed by atoms with Crippen molar-refractivity contribution in [1.82, 2.24) is 0 Å². The SMILES string of the molecule is CCC(C)(C(=O)Nc1cc(OC)ccc1OC)C(N)=S. The molecule has 1 rings (SSSR count). The molecule has 1 aromatic rings. The molecule has 0 heterocycles. The minimum absolute atomic E-state index is 0.166. The topological polar surface area (TPSA) is 73.6 Å². The molecule has 6 heteroatoms. The molecule has 0 bridgehead atoms. The lowest BCUT2D eigenvalue weighted by Gasteiger charge is -2.26. The standard InChI is InChI=1S/C14H20N2O3S/c1-5-14(2,12(15)20)13(17)16-10-8-9(18-3)6-7-11(10)19-4/h6-8H,5H2,1-4H3,(H2,15,20)(H,16,17). The first kappa shape index (κ1) is 16.2. The summed E-state index contributed by atoms with van der Waals surface area (Å²) in [6.45, 7) is 3.58. The number of carbonyl (C=O) groups is 1. The number of rotatable bonds is 6. The van der Waals surface area contributed by atoms with E-state index < -0.39 is 5.41 Å². The molecule has 0 saturated heterocycles.